The van der Waals surface area contributed by atoms with E-state index in [9.17, 15) is 27.4 Å². The summed E-state index contributed by atoms with van der Waals surface area (Å²) in [5.74, 6) is -0.0159. The molecular weight excluding hydrogens is 905 g/mol. The number of H-pyrrole nitrogens is 2. The summed E-state index contributed by atoms with van der Waals surface area (Å²) in [5.41, 5.74) is 8.41. The van der Waals surface area contributed by atoms with E-state index in [4.69, 9.17) is 0 Å². The molecule has 14 nitrogen and oxygen atoms in total. The Morgan fingerprint density at radius 3 is 1.48 bits per heavy atom. The largest absolute Gasteiger partial charge is 0.364 e. The SMILES string of the molecule is CCCS(=O)(=O)N1Cc2cc(C#N)ccc2N(Cc2c[nH]cn2)C[C@H]1[C@@H](C)c1ccccc1.C[C@@H](c1ccccc1)[C@@H]1CN(Cc2c[nH]cn2)c2ccc(C#N)cc2CN1S(=O)(=O)c1ccccc1. The van der Waals surface area contributed by atoms with Gasteiger partial charge in [0.05, 0.1) is 71.0 Å². The van der Waals surface area contributed by atoms with Crippen LogP contribution < -0.4 is 9.80 Å². The van der Waals surface area contributed by atoms with Crippen molar-refractivity contribution in [2.75, 3.05) is 28.6 Å². The van der Waals surface area contributed by atoms with Crippen LogP contribution in [0.15, 0.2) is 157 Å². The van der Waals surface area contributed by atoms with Crippen LogP contribution in [0.4, 0.5) is 11.4 Å². The molecule has 0 aliphatic carbocycles. The summed E-state index contributed by atoms with van der Waals surface area (Å²) in [6.45, 7) is 8.51. The summed E-state index contributed by atoms with van der Waals surface area (Å²) in [4.78, 5) is 19.4. The van der Waals surface area contributed by atoms with Crippen molar-refractivity contribution >= 4 is 31.4 Å². The van der Waals surface area contributed by atoms with E-state index in [1.807, 2.05) is 92.1 Å². The molecule has 4 heterocycles. The Labute approximate surface area is 405 Å². The molecule has 9 rings (SSSR count). The molecule has 69 heavy (non-hydrogen) atoms. The van der Waals surface area contributed by atoms with Crippen LogP contribution in [-0.4, -0.2) is 76.3 Å². The van der Waals surface area contributed by atoms with Crippen LogP contribution in [0, 0.1) is 22.7 Å². The molecule has 0 saturated heterocycles. The van der Waals surface area contributed by atoms with E-state index in [1.54, 1.807) is 63.7 Å². The lowest BCUT2D eigenvalue weighted by Crippen LogP contribution is -2.47. The molecule has 16 heteroatoms. The predicted molar refractivity (Wildman–Crippen MR) is 268 cm³/mol. The molecule has 0 fully saturated rings. The van der Waals surface area contributed by atoms with E-state index in [1.165, 1.54) is 0 Å². The number of hydrogen-bond donors (Lipinski definition) is 2. The standard InChI is InChI=1S/C28H27N5O2S.C25H29N5O2S/c1-21(23-8-4-2-5-9-23)28-19-32(18-25-16-30-20-31-25)27-13-12-22(15-29)14-24(27)17-33(28)36(34,35)26-10-6-3-7-11-26;1-3-11-33(31,32)30-15-22-12-20(13-26)9-10-24(22)29(16-23-14-27-18-28-23)17-25(30)19(2)21-7-5-4-6-8-21/h2-14,16,20-21,28H,17-19H2,1H3,(H,30,31);4-10,12,14,18-19,25H,3,11,15-17H2,1-2H3,(H,27,28)/t21-,28-;19-,25-/m00/s1. The maximum absolute atomic E-state index is 14.1. The smallest absolute Gasteiger partial charge is 0.243 e. The van der Waals surface area contributed by atoms with Crippen molar-refractivity contribution in [3.05, 3.63) is 197 Å². The molecule has 0 radical (unpaired) electrons. The quantitative estimate of drug-likeness (QED) is 0.113. The van der Waals surface area contributed by atoms with Crippen molar-refractivity contribution in [1.82, 2.24) is 28.5 Å². The van der Waals surface area contributed by atoms with Gasteiger partial charge in [-0.15, -0.1) is 0 Å². The van der Waals surface area contributed by atoms with Gasteiger partial charge in [0.2, 0.25) is 20.0 Å². The number of nitriles is 2. The third kappa shape index (κ3) is 11.0. The topological polar surface area (TPSA) is 186 Å². The molecule has 0 amide bonds. The van der Waals surface area contributed by atoms with Crippen molar-refractivity contribution in [1.29, 1.82) is 10.5 Å². The normalized spacial score (nSPS) is 17.4. The number of aromatic amines is 2. The zero-order valence-electron chi connectivity index (χ0n) is 38.9. The van der Waals surface area contributed by atoms with Crippen LogP contribution in [0.5, 0.6) is 0 Å². The van der Waals surface area contributed by atoms with Crippen molar-refractivity contribution in [3.8, 4) is 12.1 Å². The number of fused-ring (bicyclic) bond motifs is 2. The molecule has 2 aliphatic heterocycles. The molecule has 0 bridgehead atoms. The summed E-state index contributed by atoms with van der Waals surface area (Å²) in [6.07, 6.45) is 7.54. The second kappa shape index (κ2) is 21.5. The zero-order chi connectivity index (χ0) is 48.5. The monoisotopic (exact) mass is 960 g/mol. The summed E-state index contributed by atoms with van der Waals surface area (Å²) in [7, 11) is -7.34. The summed E-state index contributed by atoms with van der Waals surface area (Å²) in [6, 6.07) is 43.4. The number of rotatable bonds is 13. The van der Waals surface area contributed by atoms with Crippen LogP contribution in [0.25, 0.3) is 0 Å². The first kappa shape index (κ1) is 48.4. The number of aromatic nitrogens is 4. The van der Waals surface area contributed by atoms with Gasteiger partial charge in [0.15, 0.2) is 0 Å². The first-order chi connectivity index (χ1) is 33.4. The fourth-order valence-corrected chi connectivity index (χ4v) is 12.9. The van der Waals surface area contributed by atoms with Gasteiger partial charge in [-0.2, -0.15) is 19.1 Å². The highest BCUT2D eigenvalue weighted by Crippen LogP contribution is 2.38. The molecule has 2 N–H and O–H groups in total. The van der Waals surface area contributed by atoms with Gasteiger partial charge in [0, 0.05) is 62.0 Å². The Morgan fingerprint density at radius 1 is 0.623 bits per heavy atom. The number of sulfonamides is 2. The maximum Gasteiger partial charge on any atom is 0.243 e. The lowest BCUT2D eigenvalue weighted by molar-refractivity contribution is 0.288. The van der Waals surface area contributed by atoms with E-state index in [0.29, 0.717) is 43.7 Å². The molecule has 5 aromatic carbocycles. The third-order valence-electron chi connectivity index (χ3n) is 13.1. The second-order valence-corrected chi connectivity index (χ2v) is 21.5. The van der Waals surface area contributed by atoms with Crippen LogP contribution in [0.3, 0.4) is 0 Å². The van der Waals surface area contributed by atoms with Gasteiger partial charge in [0.1, 0.15) is 0 Å². The minimum atomic E-state index is -3.83. The summed E-state index contributed by atoms with van der Waals surface area (Å²) >= 11 is 0. The van der Waals surface area contributed by atoms with Crippen molar-refractivity contribution in [2.45, 2.75) is 82.2 Å². The first-order valence-electron chi connectivity index (χ1n) is 23.1. The fraction of sp³-hybridized carbons (Fsp3) is 0.283. The molecule has 4 atom stereocenters. The molecular formula is C53H56N10O4S2. The van der Waals surface area contributed by atoms with E-state index >= 15 is 0 Å². The number of anilines is 2. The first-order valence-corrected chi connectivity index (χ1v) is 26.1. The molecule has 2 aromatic heterocycles. The predicted octanol–water partition coefficient (Wildman–Crippen LogP) is 8.68. The minimum Gasteiger partial charge on any atom is -0.364 e. The van der Waals surface area contributed by atoms with Crippen LogP contribution >= 0.6 is 0 Å². The fourth-order valence-electron chi connectivity index (χ4n) is 9.47. The molecule has 354 valence electrons. The Balaban J connectivity index is 0.000000187. The van der Waals surface area contributed by atoms with Crippen molar-refractivity contribution < 1.29 is 16.8 Å². The number of benzene rings is 5. The van der Waals surface area contributed by atoms with Crippen LogP contribution in [0.2, 0.25) is 0 Å². The molecule has 2 aliphatic rings. The van der Waals surface area contributed by atoms with Gasteiger partial charge in [-0.25, -0.2) is 26.8 Å². The number of nitrogens with one attached hydrogen (secondary N) is 2. The van der Waals surface area contributed by atoms with E-state index in [0.717, 1.165) is 45.0 Å². The highest BCUT2D eigenvalue weighted by atomic mass is 32.2. The van der Waals surface area contributed by atoms with E-state index in [2.05, 4.69) is 67.9 Å². The zero-order valence-corrected chi connectivity index (χ0v) is 40.6. The van der Waals surface area contributed by atoms with Gasteiger partial charge in [-0.3, -0.25) is 0 Å². The molecule has 0 unspecified atom stereocenters. The van der Waals surface area contributed by atoms with Crippen molar-refractivity contribution in [2.24, 2.45) is 0 Å². The summed E-state index contributed by atoms with van der Waals surface area (Å²) in [5, 5.41) is 19.0. The van der Waals surface area contributed by atoms with Gasteiger partial charge in [-0.1, -0.05) is 99.6 Å². The Morgan fingerprint density at radius 2 is 1.06 bits per heavy atom. The lowest BCUT2D eigenvalue weighted by atomic mass is 9.93. The van der Waals surface area contributed by atoms with Gasteiger partial charge < -0.3 is 19.8 Å². The van der Waals surface area contributed by atoms with Crippen LogP contribution in [-0.2, 0) is 46.2 Å². The van der Waals surface area contributed by atoms with Gasteiger partial charge in [0.25, 0.3) is 0 Å². The highest BCUT2D eigenvalue weighted by molar-refractivity contribution is 7.89. The van der Waals surface area contributed by atoms with Gasteiger partial charge in [-0.05, 0) is 89.0 Å². The second-order valence-electron chi connectivity index (χ2n) is 17.6. The Kier molecular flexibility index (Phi) is 15.1. The summed E-state index contributed by atoms with van der Waals surface area (Å²) < 4.78 is 58.5. The molecule has 0 spiro atoms. The van der Waals surface area contributed by atoms with E-state index < -0.39 is 20.0 Å². The number of hydrogen-bond acceptors (Lipinski definition) is 10. The minimum absolute atomic E-state index is 0.0238. The Hall–Kier alpha value is -7.08. The van der Waals surface area contributed by atoms with E-state index in [-0.39, 0.29) is 47.7 Å². The lowest BCUT2D eigenvalue weighted by Gasteiger charge is -2.36. The number of nitrogens with zero attached hydrogens (tertiary/aromatic N) is 8. The molecule has 7 aromatic rings. The third-order valence-corrected chi connectivity index (χ3v) is 17.0. The maximum atomic E-state index is 14.1. The number of imidazole rings is 2. The van der Waals surface area contributed by atoms with Gasteiger partial charge >= 0.3 is 0 Å². The Bertz CT molecular complexity index is 3110. The van der Waals surface area contributed by atoms with Crippen molar-refractivity contribution in [3.63, 3.8) is 0 Å². The molecule has 0 saturated carbocycles. The average Bonchev–Trinajstić information content (AvgIpc) is 4.04. The average molecular weight is 961 g/mol. The highest BCUT2D eigenvalue weighted by Gasteiger charge is 2.41. The van der Waals surface area contributed by atoms with Crippen LogP contribution in [0.1, 0.15) is 83.8 Å².